The van der Waals surface area contributed by atoms with Crippen molar-refractivity contribution in [2.45, 2.75) is 39.8 Å². The normalized spacial score (nSPS) is 10.3. The van der Waals surface area contributed by atoms with Gasteiger partial charge in [-0.3, -0.25) is 0 Å². The molecule has 0 saturated carbocycles. The van der Waals surface area contributed by atoms with Gasteiger partial charge in [-0.2, -0.15) is 0 Å². The van der Waals surface area contributed by atoms with Gasteiger partial charge in [-0.1, -0.05) is 183 Å². The molecule has 0 aromatic heterocycles. The van der Waals surface area contributed by atoms with Crippen molar-refractivity contribution in [2.75, 3.05) is 0 Å². The molecule has 0 aliphatic carbocycles. The Labute approximate surface area is 331 Å². The molecule has 0 aliphatic rings. The minimum absolute atomic E-state index is 0.826. The van der Waals surface area contributed by atoms with Gasteiger partial charge in [0.1, 0.15) is 0 Å². The first-order valence-electron chi connectivity index (χ1n) is 17.8. The summed E-state index contributed by atoms with van der Waals surface area (Å²) in [5.41, 5.74) is 13.3. The molecule has 8 rings (SSSR count). The van der Waals surface area contributed by atoms with E-state index in [0.29, 0.717) is 0 Å². The number of aryl methyl sites for hydroxylation is 2. The zero-order valence-electron chi connectivity index (χ0n) is 30.3. The van der Waals surface area contributed by atoms with Gasteiger partial charge in [0.2, 0.25) is 0 Å². The summed E-state index contributed by atoms with van der Waals surface area (Å²) in [5.74, 6) is 0. The molecule has 0 nitrogen and oxygen atoms in total. The van der Waals surface area contributed by atoms with Gasteiger partial charge in [0.05, 0.1) is 0 Å². The van der Waals surface area contributed by atoms with Crippen LogP contribution in [0.2, 0.25) is 13.1 Å². The van der Waals surface area contributed by atoms with Crippen molar-refractivity contribution < 1.29 is 20.8 Å². The van der Waals surface area contributed by atoms with E-state index in [4.69, 9.17) is 17.0 Å². The molecule has 0 atom stereocenters. The molecule has 0 N–H and O–H groups in total. The summed E-state index contributed by atoms with van der Waals surface area (Å²) in [6, 6.07) is 61.2. The Bertz CT molecular complexity index is 2100. The standard InChI is InChI=1S/2C23H19.C2H6Si.2ClH.Zr/c2*1-2-17-9-6-7-13-21(17)22-14-8-12-19-15-20(16-23(19)22)18-10-4-3-5-11-18;1-3-2;;;/h2*3-16H,2H2,1H3;1-2H3;2*1H;/q2*-1;;;;+4/p-2. The minimum atomic E-state index is -0.826. The van der Waals surface area contributed by atoms with Gasteiger partial charge in [0, 0.05) is 9.52 Å². The third-order valence-electron chi connectivity index (χ3n) is 9.09. The van der Waals surface area contributed by atoms with E-state index in [9.17, 15) is 0 Å². The summed E-state index contributed by atoms with van der Waals surface area (Å²) in [4.78, 5) is 0. The summed E-state index contributed by atoms with van der Waals surface area (Å²) < 4.78 is 0. The van der Waals surface area contributed by atoms with Crippen LogP contribution in [0, 0.1) is 0 Å². The molecule has 0 spiro atoms. The number of hydrogen-bond acceptors (Lipinski definition) is 0. The monoisotopic (exact) mass is 808 g/mol. The Morgan fingerprint density at radius 2 is 0.788 bits per heavy atom. The molecule has 0 bridgehead atoms. The van der Waals surface area contributed by atoms with E-state index in [0.717, 1.165) is 22.4 Å². The maximum atomic E-state index is 4.93. The van der Waals surface area contributed by atoms with E-state index >= 15 is 0 Å². The fraction of sp³-hybridized carbons (Fsp3) is 0.125. The van der Waals surface area contributed by atoms with Gasteiger partial charge in [0.15, 0.2) is 0 Å². The second-order valence-corrected chi connectivity index (χ2v) is 17.2. The number of benzene rings is 6. The number of hydrogen-bond donors (Lipinski definition) is 0. The second kappa shape index (κ2) is 20.5. The fourth-order valence-electron chi connectivity index (χ4n) is 6.72. The molecule has 8 aromatic rings. The molecule has 0 amide bonds. The first kappa shape index (κ1) is 39.4. The maximum absolute atomic E-state index is 4.93. The molecule has 0 saturated heterocycles. The van der Waals surface area contributed by atoms with Gasteiger partial charge in [-0.15, -0.1) is 69.1 Å². The molecule has 4 heteroatoms. The van der Waals surface area contributed by atoms with Crippen LogP contribution < -0.4 is 0 Å². The number of fused-ring (bicyclic) bond motifs is 2. The molecule has 0 unspecified atom stereocenters. The van der Waals surface area contributed by atoms with E-state index in [1.54, 1.807) is 0 Å². The second-order valence-electron chi connectivity index (χ2n) is 12.4. The van der Waals surface area contributed by atoms with E-state index in [2.05, 4.69) is 197 Å². The average Bonchev–Trinajstić information content (AvgIpc) is 3.85. The van der Waals surface area contributed by atoms with Crippen molar-refractivity contribution >= 4 is 48.1 Å². The Balaban J connectivity index is 0.000000175. The Hall–Kier alpha value is -3.78. The topological polar surface area (TPSA) is 0 Å². The van der Waals surface area contributed by atoms with E-state index in [1.165, 1.54) is 77.2 Å². The Kier molecular flexibility index (Phi) is 15.5. The summed E-state index contributed by atoms with van der Waals surface area (Å²) in [6.07, 6.45) is 2.11. The fourth-order valence-corrected chi connectivity index (χ4v) is 6.72. The van der Waals surface area contributed by atoms with Crippen LogP contribution in [0.15, 0.2) is 170 Å². The first-order valence-corrected chi connectivity index (χ1v) is 26.1. The molecule has 52 heavy (non-hydrogen) atoms. The van der Waals surface area contributed by atoms with Gasteiger partial charge in [-0.25, -0.2) is 0 Å². The molecular weight excluding hydrogens is 767 g/mol. The van der Waals surface area contributed by atoms with Crippen LogP contribution in [0.25, 0.3) is 66.1 Å². The van der Waals surface area contributed by atoms with Crippen molar-refractivity contribution in [2.24, 2.45) is 0 Å². The summed E-state index contributed by atoms with van der Waals surface area (Å²) >= 11 is -0.826. The molecule has 0 aliphatic heterocycles. The average molecular weight is 811 g/mol. The van der Waals surface area contributed by atoms with Crippen LogP contribution in [-0.2, 0) is 33.7 Å². The Morgan fingerprint density at radius 1 is 0.462 bits per heavy atom. The molecule has 258 valence electrons. The van der Waals surface area contributed by atoms with Crippen molar-refractivity contribution in [3.8, 4) is 44.5 Å². The van der Waals surface area contributed by atoms with Gasteiger partial charge in [-0.05, 0) is 35.1 Å². The zero-order valence-corrected chi connectivity index (χ0v) is 35.3. The predicted molar refractivity (Wildman–Crippen MR) is 229 cm³/mol. The third-order valence-corrected chi connectivity index (χ3v) is 9.09. The van der Waals surface area contributed by atoms with Crippen LogP contribution in [0.3, 0.4) is 0 Å². The van der Waals surface area contributed by atoms with E-state index in [1.807, 2.05) is 0 Å². The van der Waals surface area contributed by atoms with Crippen molar-refractivity contribution in [3.63, 3.8) is 0 Å². The van der Waals surface area contributed by atoms with Crippen LogP contribution in [0.1, 0.15) is 25.0 Å². The predicted octanol–water partition coefficient (Wildman–Crippen LogP) is 15.1. The summed E-state index contributed by atoms with van der Waals surface area (Å²) in [6.45, 7) is 8.75. The van der Waals surface area contributed by atoms with E-state index in [-0.39, 0.29) is 0 Å². The van der Waals surface area contributed by atoms with Crippen LogP contribution >= 0.6 is 17.0 Å². The Morgan fingerprint density at radius 3 is 1.15 bits per heavy atom. The number of halogens is 2. The molecule has 0 fully saturated rings. The van der Waals surface area contributed by atoms with Crippen molar-refractivity contribution in [3.05, 3.63) is 181 Å². The quantitative estimate of drug-likeness (QED) is 0.116. The molecular formula is C48H44Cl2SiZr. The summed E-state index contributed by atoms with van der Waals surface area (Å²) in [7, 11) is 11.0. The van der Waals surface area contributed by atoms with Gasteiger partial charge < -0.3 is 0 Å². The van der Waals surface area contributed by atoms with Gasteiger partial charge >= 0.3 is 37.9 Å². The van der Waals surface area contributed by atoms with Crippen LogP contribution in [-0.4, -0.2) is 9.52 Å². The first-order chi connectivity index (χ1) is 25.6. The molecule has 0 heterocycles. The molecule has 8 aromatic carbocycles. The van der Waals surface area contributed by atoms with E-state index < -0.39 is 20.8 Å². The third kappa shape index (κ3) is 9.80. The van der Waals surface area contributed by atoms with Crippen molar-refractivity contribution in [1.29, 1.82) is 0 Å². The summed E-state index contributed by atoms with van der Waals surface area (Å²) in [5, 5.41) is 5.30. The van der Waals surface area contributed by atoms with Crippen LogP contribution in [0.4, 0.5) is 0 Å². The number of rotatable bonds is 6. The van der Waals surface area contributed by atoms with Gasteiger partial charge in [0.25, 0.3) is 0 Å². The zero-order chi connectivity index (χ0) is 36.7. The SMILES string of the molecule is CCc1ccccc1-c1cccc2[cH-]c(-c3ccccc3)cc12.CCc1ccccc1-c1cccc2[cH-]c(-c3ccccc3)cc12.C[Si]C.[Cl][Zr+2][Cl]. The van der Waals surface area contributed by atoms with Crippen LogP contribution in [0.5, 0.6) is 0 Å². The van der Waals surface area contributed by atoms with Crippen molar-refractivity contribution in [1.82, 2.24) is 0 Å². The molecule has 2 radical (unpaired) electrons.